The van der Waals surface area contributed by atoms with Gasteiger partial charge in [-0.1, -0.05) is 44.2 Å². The molecule has 0 saturated carbocycles. The maximum Gasteiger partial charge on any atom is 0.317 e. The summed E-state index contributed by atoms with van der Waals surface area (Å²) in [5.74, 6) is 0.167. The molecule has 7 nitrogen and oxygen atoms in total. The van der Waals surface area contributed by atoms with E-state index in [-0.39, 0.29) is 23.7 Å². The van der Waals surface area contributed by atoms with Gasteiger partial charge < -0.3 is 30.1 Å². The fourth-order valence-electron chi connectivity index (χ4n) is 5.59. The molecule has 0 aliphatic carbocycles. The highest BCUT2D eigenvalue weighted by atomic mass is 19.1. The third kappa shape index (κ3) is 8.65. The van der Waals surface area contributed by atoms with Gasteiger partial charge in [0.25, 0.3) is 0 Å². The van der Waals surface area contributed by atoms with Crippen molar-refractivity contribution in [2.45, 2.75) is 64.0 Å². The number of methoxy groups -OCH3 is 1. The Morgan fingerprint density at radius 1 is 1.18 bits per heavy atom. The Kier molecular flexibility index (Phi) is 12.0. The van der Waals surface area contributed by atoms with Crippen molar-refractivity contribution in [1.82, 2.24) is 15.5 Å². The van der Waals surface area contributed by atoms with E-state index < -0.39 is 11.4 Å². The number of rotatable bonds is 14. The van der Waals surface area contributed by atoms with Crippen LogP contribution in [-0.4, -0.2) is 62.5 Å². The quantitative estimate of drug-likeness (QED) is 0.267. The number of likely N-dealkylation sites (tertiary alicyclic amines) is 1. The second-order valence-electron chi connectivity index (χ2n) is 11.0. The number of ether oxygens (including phenoxy) is 2. The number of urea groups is 1. The largest absolute Gasteiger partial charge is 0.454 e. The second kappa shape index (κ2) is 15.2. The number of nitrogens with one attached hydrogen (secondary N) is 2. The third-order valence-corrected chi connectivity index (χ3v) is 7.47. The lowest BCUT2D eigenvalue weighted by Gasteiger charge is -2.43. The first-order valence-electron chi connectivity index (χ1n) is 14.2. The molecule has 3 N–H and O–H groups in total. The molecule has 0 unspecified atom stereocenters. The molecule has 1 heterocycles. The minimum absolute atomic E-state index is 0.0184. The van der Waals surface area contributed by atoms with Gasteiger partial charge in [0.05, 0.1) is 5.60 Å². The summed E-state index contributed by atoms with van der Waals surface area (Å²) in [5, 5.41) is 18.8. The van der Waals surface area contributed by atoms with Gasteiger partial charge in [-0.25, -0.2) is 9.18 Å². The number of halogens is 1. The van der Waals surface area contributed by atoms with Crippen LogP contribution in [0.1, 0.15) is 57.9 Å². The molecular formula is C31H46FN3O4. The molecule has 1 aliphatic rings. The minimum atomic E-state index is -1.39. The zero-order valence-corrected chi connectivity index (χ0v) is 23.9. The van der Waals surface area contributed by atoms with E-state index in [1.54, 1.807) is 36.3 Å². The van der Waals surface area contributed by atoms with Crippen LogP contribution in [0, 0.1) is 17.7 Å². The number of aliphatic hydroxyl groups is 1. The van der Waals surface area contributed by atoms with Gasteiger partial charge in [-0.15, -0.1) is 0 Å². The standard InChI is InChI=1S/C31H46FN3O4/c1-23(2)20-25(21-33-3)34-30(36)35-18-11-12-24(22-35)31(37,17-8-9-19-38-4)27-15-10-16-28(32)29(27)39-26-13-6-5-7-14-26/h5-7,10,13-16,23-25,33,37H,8-9,11-12,17-22H2,1-4H3,(H,34,36)/t24-,25+,31+/m1/s1. The SMILES string of the molecule is CNC[C@H](CC(C)C)NC(=O)N1CCC[C@@H]([C@@](O)(CCCCOC)c2cccc(F)c2Oc2ccccc2)C1. The van der Waals surface area contributed by atoms with Crippen LogP contribution < -0.4 is 15.4 Å². The van der Waals surface area contributed by atoms with E-state index in [1.807, 2.05) is 25.2 Å². The average Bonchev–Trinajstić information content (AvgIpc) is 2.92. The number of piperidine rings is 1. The molecule has 8 heteroatoms. The molecule has 2 aromatic carbocycles. The number of likely N-dealkylation sites (N-methyl/N-ethyl adjacent to an activating group) is 1. The fraction of sp³-hybridized carbons (Fsp3) is 0.581. The van der Waals surface area contributed by atoms with E-state index in [1.165, 1.54) is 6.07 Å². The van der Waals surface area contributed by atoms with Crippen LogP contribution in [-0.2, 0) is 10.3 Å². The molecule has 0 spiro atoms. The number of para-hydroxylation sites is 2. The van der Waals surface area contributed by atoms with Crippen molar-refractivity contribution in [2.24, 2.45) is 11.8 Å². The zero-order valence-electron chi connectivity index (χ0n) is 23.9. The van der Waals surface area contributed by atoms with Crippen LogP contribution in [0.15, 0.2) is 48.5 Å². The zero-order chi connectivity index (χ0) is 28.3. The highest BCUT2D eigenvalue weighted by Gasteiger charge is 2.43. The molecule has 2 amide bonds. The summed E-state index contributed by atoms with van der Waals surface area (Å²) >= 11 is 0. The summed E-state index contributed by atoms with van der Waals surface area (Å²) in [6.45, 7) is 6.55. The molecule has 3 rings (SSSR count). The van der Waals surface area contributed by atoms with Crippen LogP contribution in [0.25, 0.3) is 0 Å². The van der Waals surface area contributed by atoms with Crippen LogP contribution in [0.2, 0.25) is 0 Å². The Morgan fingerprint density at radius 2 is 1.95 bits per heavy atom. The molecule has 1 saturated heterocycles. The Bertz CT molecular complexity index is 1020. The van der Waals surface area contributed by atoms with E-state index >= 15 is 4.39 Å². The Balaban J connectivity index is 1.89. The molecule has 0 aromatic heterocycles. The highest BCUT2D eigenvalue weighted by Crippen LogP contribution is 2.45. The molecule has 0 radical (unpaired) electrons. The highest BCUT2D eigenvalue weighted by molar-refractivity contribution is 5.74. The van der Waals surface area contributed by atoms with Crippen molar-refractivity contribution in [3.05, 3.63) is 59.9 Å². The van der Waals surface area contributed by atoms with Crippen molar-refractivity contribution in [3.8, 4) is 11.5 Å². The van der Waals surface area contributed by atoms with Crippen molar-refractivity contribution >= 4 is 6.03 Å². The number of carbonyl (C=O) groups is 1. The molecule has 1 aliphatic heterocycles. The van der Waals surface area contributed by atoms with Crippen LogP contribution in [0.5, 0.6) is 11.5 Å². The lowest BCUT2D eigenvalue weighted by atomic mass is 9.73. The predicted octanol–water partition coefficient (Wildman–Crippen LogP) is 5.68. The lowest BCUT2D eigenvalue weighted by Crippen LogP contribution is -2.54. The summed E-state index contributed by atoms with van der Waals surface area (Å²) in [6, 6.07) is 13.7. The number of hydrogen-bond acceptors (Lipinski definition) is 5. The predicted molar refractivity (Wildman–Crippen MR) is 153 cm³/mol. The monoisotopic (exact) mass is 543 g/mol. The third-order valence-electron chi connectivity index (χ3n) is 7.47. The first-order chi connectivity index (χ1) is 18.8. The summed E-state index contributed by atoms with van der Waals surface area (Å²) in [5.41, 5.74) is -0.967. The van der Waals surface area contributed by atoms with Gasteiger partial charge in [0, 0.05) is 50.9 Å². The summed E-state index contributed by atoms with van der Waals surface area (Å²) in [4.78, 5) is 15.1. The van der Waals surface area contributed by atoms with E-state index in [0.717, 1.165) is 25.7 Å². The maximum atomic E-state index is 15.3. The summed E-state index contributed by atoms with van der Waals surface area (Å²) in [6.07, 6.45) is 4.20. The minimum Gasteiger partial charge on any atom is -0.454 e. The van der Waals surface area contributed by atoms with E-state index in [0.29, 0.717) is 56.3 Å². The van der Waals surface area contributed by atoms with Gasteiger partial charge >= 0.3 is 6.03 Å². The number of amides is 2. The molecule has 39 heavy (non-hydrogen) atoms. The first kappa shape index (κ1) is 30.9. The normalized spacial score (nSPS) is 18.0. The Morgan fingerprint density at radius 3 is 2.64 bits per heavy atom. The van der Waals surface area contributed by atoms with Crippen molar-refractivity contribution < 1.29 is 23.8 Å². The number of unbranched alkanes of at least 4 members (excludes halogenated alkanes) is 1. The molecule has 0 bridgehead atoms. The van der Waals surface area contributed by atoms with E-state index in [2.05, 4.69) is 24.5 Å². The van der Waals surface area contributed by atoms with Gasteiger partial charge in [-0.3, -0.25) is 0 Å². The van der Waals surface area contributed by atoms with Gasteiger partial charge in [0.15, 0.2) is 11.6 Å². The maximum absolute atomic E-state index is 15.3. The van der Waals surface area contributed by atoms with Gasteiger partial charge in [-0.2, -0.15) is 0 Å². The smallest absolute Gasteiger partial charge is 0.317 e. The number of hydrogen-bond donors (Lipinski definition) is 3. The molecule has 1 fully saturated rings. The Labute approximate surface area is 233 Å². The van der Waals surface area contributed by atoms with Crippen LogP contribution in [0.3, 0.4) is 0 Å². The molecular weight excluding hydrogens is 497 g/mol. The number of benzene rings is 2. The topological polar surface area (TPSA) is 83.1 Å². The first-order valence-corrected chi connectivity index (χ1v) is 14.2. The molecule has 216 valence electrons. The van der Waals surface area contributed by atoms with Gasteiger partial charge in [0.2, 0.25) is 0 Å². The number of nitrogens with zero attached hydrogens (tertiary/aromatic N) is 1. The summed E-state index contributed by atoms with van der Waals surface area (Å²) in [7, 11) is 3.54. The van der Waals surface area contributed by atoms with Gasteiger partial charge in [0.1, 0.15) is 5.75 Å². The van der Waals surface area contributed by atoms with Crippen molar-refractivity contribution in [2.75, 3.05) is 40.4 Å². The van der Waals surface area contributed by atoms with E-state index in [4.69, 9.17) is 9.47 Å². The van der Waals surface area contributed by atoms with Crippen molar-refractivity contribution in [3.63, 3.8) is 0 Å². The van der Waals surface area contributed by atoms with Crippen molar-refractivity contribution in [1.29, 1.82) is 0 Å². The number of carbonyl (C=O) groups excluding carboxylic acids is 1. The molecule has 3 atom stereocenters. The fourth-order valence-corrected chi connectivity index (χ4v) is 5.59. The van der Waals surface area contributed by atoms with E-state index in [9.17, 15) is 9.90 Å². The van der Waals surface area contributed by atoms with Crippen LogP contribution >= 0.6 is 0 Å². The lowest BCUT2D eigenvalue weighted by molar-refractivity contribution is -0.0577. The van der Waals surface area contributed by atoms with Gasteiger partial charge in [-0.05, 0) is 69.7 Å². The average molecular weight is 544 g/mol. The van der Waals surface area contributed by atoms with Crippen LogP contribution in [0.4, 0.5) is 9.18 Å². The Hall–Kier alpha value is -2.68. The second-order valence-corrected chi connectivity index (χ2v) is 11.0. The molecule has 2 aromatic rings. The summed E-state index contributed by atoms with van der Waals surface area (Å²) < 4.78 is 26.5.